The first-order chi connectivity index (χ1) is 7.62. The zero-order valence-electron chi connectivity index (χ0n) is 10.4. The lowest BCUT2D eigenvalue weighted by atomic mass is 10.0. The van der Waals surface area contributed by atoms with Gasteiger partial charge in [-0.2, -0.15) is 0 Å². The summed E-state index contributed by atoms with van der Waals surface area (Å²) < 4.78 is 5.43. The van der Waals surface area contributed by atoms with Crippen LogP contribution in [-0.4, -0.2) is 20.2 Å². The van der Waals surface area contributed by atoms with Gasteiger partial charge in [0.05, 0.1) is 7.11 Å². The fourth-order valence-electron chi connectivity index (χ4n) is 1.96. The second kappa shape index (κ2) is 6.12. The van der Waals surface area contributed by atoms with Crippen LogP contribution in [0.15, 0.2) is 12.1 Å². The summed E-state index contributed by atoms with van der Waals surface area (Å²) in [7, 11) is 3.69. The van der Waals surface area contributed by atoms with E-state index in [0.29, 0.717) is 6.04 Å². The van der Waals surface area contributed by atoms with Gasteiger partial charge in [0.1, 0.15) is 5.75 Å². The molecule has 0 radical (unpaired) electrons. The van der Waals surface area contributed by atoms with Crippen LogP contribution in [0.5, 0.6) is 5.75 Å². The molecule has 1 aromatic rings. The lowest BCUT2D eigenvalue weighted by Crippen LogP contribution is -2.26. The van der Waals surface area contributed by atoms with E-state index in [-0.39, 0.29) is 0 Å². The van der Waals surface area contributed by atoms with Crippen LogP contribution in [0.2, 0.25) is 5.02 Å². The van der Waals surface area contributed by atoms with Crippen molar-refractivity contribution in [2.24, 2.45) is 0 Å². The van der Waals surface area contributed by atoms with Crippen molar-refractivity contribution < 1.29 is 4.74 Å². The van der Waals surface area contributed by atoms with Crippen molar-refractivity contribution in [3.05, 3.63) is 28.3 Å². The zero-order chi connectivity index (χ0) is 12.1. The summed E-state index contributed by atoms with van der Waals surface area (Å²) in [6.45, 7) is 4.19. The molecule has 0 saturated carbocycles. The number of halogens is 1. The molecule has 0 aliphatic carbocycles. The highest BCUT2D eigenvalue weighted by Crippen LogP contribution is 2.28. The monoisotopic (exact) mass is 241 g/mol. The van der Waals surface area contributed by atoms with Crippen LogP contribution in [-0.2, 0) is 6.42 Å². The average molecular weight is 242 g/mol. The largest absolute Gasteiger partial charge is 0.496 e. The molecule has 3 heteroatoms. The van der Waals surface area contributed by atoms with E-state index >= 15 is 0 Å². The maximum atomic E-state index is 6.07. The highest BCUT2D eigenvalue weighted by atomic mass is 35.5. The molecule has 0 bridgehead atoms. The summed E-state index contributed by atoms with van der Waals surface area (Å²) in [4.78, 5) is 0. The van der Waals surface area contributed by atoms with Crippen molar-refractivity contribution >= 4 is 11.6 Å². The van der Waals surface area contributed by atoms with E-state index in [4.69, 9.17) is 16.3 Å². The van der Waals surface area contributed by atoms with Crippen LogP contribution in [0.25, 0.3) is 0 Å². The second-order valence-corrected chi connectivity index (χ2v) is 4.45. The maximum absolute atomic E-state index is 6.07. The Hall–Kier alpha value is -0.730. The molecule has 0 fully saturated rings. The van der Waals surface area contributed by atoms with E-state index in [1.54, 1.807) is 7.11 Å². The van der Waals surface area contributed by atoms with E-state index < -0.39 is 0 Å². The van der Waals surface area contributed by atoms with Gasteiger partial charge >= 0.3 is 0 Å². The van der Waals surface area contributed by atoms with Crippen LogP contribution in [0.4, 0.5) is 0 Å². The Morgan fingerprint density at radius 1 is 1.44 bits per heavy atom. The predicted molar refractivity (Wildman–Crippen MR) is 69.6 cm³/mol. The molecule has 0 saturated heterocycles. The number of benzene rings is 1. The summed E-state index contributed by atoms with van der Waals surface area (Å²) >= 11 is 6.07. The first-order valence-electron chi connectivity index (χ1n) is 5.62. The van der Waals surface area contributed by atoms with Gasteiger partial charge in [-0.1, -0.05) is 18.5 Å². The summed E-state index contributed by atoms with van der Waals surface area (Å²) in [5.74, 6) is 0.957. The van der Waals surface area contributed by atoms with E-state index in [9.17, 15) is 0 Å². The minimum Gasteiger partial charge on any atom is -0.496 e. The zero-order valence-corrected chi connectivity index (χ0v) is 11.2. The van der Waals surface area contributed by atoms with Crippen molar-refractivity contribution in [2.45, 2.75) is 32.7 Å². The minimum absolute atomic E-state index is 0.465. The van der Waals surface area contributed by atoms with Gasteiger partial charge in [-0.3, -0.25) is 0 Å². The molecule has 1 N–H and O–H groups in total. The SMILES string of the molecule is CCC(Cc1cc(Cl)cc(C)c1OC)NC. The Morgan fingerprint density at radius 3 is 2.62 bits per heavy atom. The topological polar surface area (TPSA) is 21.3 Å². The fourth-order valence-corrected chi connectivity index (χ4v) is 2.25. The van der Waals surface area contributed by atoms with E-state index in [2.05, 4.69) is 12.2 Å². The first-order valence-corrected chi connectivity index (χ1v) is 6.00. The molecule has 1 aromatic carbocycles. The Balaban J connectivity index is 3.01. The van der Waals surface area contributed by atoms with Gasteiger partial charge in [0.25, 0.3) is 0 Å². The number of hydrogen-bond acceptors (Lipinski definition) is 2. The number of rotatable bonds is 5. The molecule has 1 atom stereocenters. The number of methoxy groups -OCH3 is 1. The van der Waals surface area contributed by atoms with Gasteiger partial charge in [-0.05, 0) is 50.1 Å². The van der Waals surface area contributed by atoms with Gasteiger partial charge in [0, 0.05) is 11.1 Å². The van der Waals surface area contributed by atoms with Gasteiger partial charge < -0.3 is 10.1 Å². The van der Waals surface area contributed by atoms with Crippen molar-refractivity contribution in [2.75, 3.05) is 14.2 Å². The molecular formula is C13H20ClNO. The standard InChI is InChI=1S/C13H20ClNO/c1-5-12(15-3)8-10-7-11(14)6-9(2)13(10)16-4/h6-7,12,15H,5,8H2,1-4H3. The molecule has 0 aromatic heterocycles. The third kappa shape index (κ3) is 3.13. The molecule has 0 aliphatic rings. The first kappa shape index (κ1) is 13.3. The molecule has 0 heterocycles. The van der Waals surface area contributed by atoms with Crippen LogP contribution < -0.4 is 10.1 Å². The summed E-state index contributed by atoms with van der Waals surface area (Å²) in [5.41, 5.74) is 2.27. The number of aryl methyl sites for hydroxylation is 1. The summed E-state index contributed by atoms with van der Waals surface area (Å²) in [5, 5.41) is 4.07. The summed E-state index contributed by atoms with van der Waals surface area (Å²) in [6, 6.07) is 4.39. The Bertz CT molecular complexity index is 348. The maximum Gasteiger partial charge on any atom is 0.125 e. The molecule has 90 valence electrons. The number of hydrogen-bond donors (Lipinski definition) is 1. The Labute approximate surface area is 103 Å². The normalized spacial score (nSPS) is 12.6. The lowest BCUT2D eigenvalue weighted by Gasteiger charge is -2.17. The van der Waals surface area contributed by atoms with Crippen LogP contribution in [0, 0.1) is 6.92 Å². The summed E-state index contributed by atoms with van der Waals surface area (Å²) in [6.07, 6.45) is 2.03. The van der Waals surface area contributed by atoms with Gasteiger partial charge in [-0.25, -0.2) is 0 Å². The Morgan fingerprint density at radius 2 is 2.12 bits per heavy atom. The lowest BCUT2D eigenvalue weighted by molar-refractivity contribution is 0.402. The Kier molecular flexibility index (Phi) is 5.10. The predicted octanol–water partition coefficient (Wildman–Crippen LogP) is 3.20. The van der Waals surface area contributed by atoms with Crippen molar-refractivity contribution in [3.63, 3.8) is 0 Å². The highest BCUT2D eigenvalue weighted by Gasteiger charge is 2.12. The van der Waals surface area contributed by atoms with E-state index in [1.807, 2.05) is 26.1 Å². The smallest absolute Gasteiger partial charge is 0.125 e. The van der Waals surface area contributed by atoms with Gasteiger partial charge in [0.15, 0.2) is 0 Å². The molecule has 16 heavy (non-hydrogen) atoms. The number of likely N-dealkylation sites (N-methyl/N-ethyl adjacent to an activating group) is 1. The van der Waals surface area contributed by atoms with Crippen molar-refractivity contribution in [3.8, 4) is 5.75 Å². The molecule has 0 spiro atoms. The molecule has 0 aliphatic heterocycles. The van der Waals surface area contributed by atoms with Gasteiger partial charge in [-0.15, -0.1) is 0 Å². The quantitative estimate of drug-likeness (QED) is 0.855. The molecular weight excluding hydrogens is 222 g/mol. The van der Waals surface area contributed by atoms with Crippen molar-refractivity contribution in [1.82, 2.24) is 5.32 Å². The fraction of sp³-hybridized carbons (Fsp3) is 0.538. The van der Waals surface area contributed by atoms with Crippen molar-refractivity contribution in [1.29, 1.82) is 0 Å². The number of nitrogens with one attached hydrogen (secondary N) is 1. The third-order valence-electron chi connectivity index (χ3n) is 2.89. The third-order valence-corrected chi connectivity index (χ3v) is 3.11. The molecule has 1 unspecified atom stereocenters. The highest BCUT2D eigenvalue weighted by molar-refractivity contribution is 6.30. The second-order valence-electron chi connectivity index (χ2n) is 4.01. The van der Waals surface area contributed by atoms with Gasteiger partial charge in [0.2, 0.25) is 0 Å². The molecule has 2 nitrogen and oxygen atoms in total. The van der Waals surface area contributed by atoms with Crippen LogP contribution in [0.3, 0.4) is 0 Å². The minimum atomic E-state index is 0.465. The molecule has 1 rings (SSSR count). The van der Waals surface area contributed by atoms with E-state index in [0.717, 1.165) is 29.2 Å². The van der Waals surface area contributed by atoms with E-state index in [1.165, 1.54) is 5.56 Å². The van der Waals surface area contributed by atoms with Crippen LogP contribution in [0.1, 0.15) is 24.5 Å². The molecule has 0 amide bonds. The number of ether oxygens (including phenoxy) is 1. The van der Waals surface area contributed by atoms with Crippen LogP contribution >= 0.6 is 11.6 Å². The average Bonchev–Trinajstić information content (AvgIpc) is 2.25.